The number of nitrogens with zero attached hydrogens (tertiary/aromatic N) is 4. The van der Waals surface area contributed by atoms with Crippen LogP contribution in [0.25, 0.3) is 11.0 Å². The predicted molar refractivity (Wildman–Crippen MR) is 66.8 cm³/mol. The van der Waals surface area contributed by atoms with Crippen LogP contribution in [0.1, 0.15) is 0 Å². The highest BCUT2D eigenvalue weighted by atomic mass is 16.6. The summed E-state index contributed by atoms with van der Waals surface area (Å²) in [5.74, 6) is 0. The fraction of sp³-hybridized carbons (Fsp3) is 0. The van der Waals surface area contributed by atoms with Crippen LogP contribution < -0.4 is 5.73 Å². The first-order valence-electron chi connectivity index (χ1n) is 5.32. The lowest BCUT2D eigenvalue weighted by Gasteiger charge is -1.95. The molecule has 18 heavy (non-hydrogen) atoms. The lowest BCUT2D eigenvalue weighted by atomic mass is 10.2. The van der Waals surface area contributed by atoms with E-state index in [0.717, 1.165) is 5.69 Å². The Hall–Kier alpha value is -2.76. The van der Waals surface area contributed by atoms with E-state index in [0.29, 0.717) is 22.4 Å². The first-order chi connectivity index (χ1) is 8.84. The van der Waals surface area contributed by atoms with Gasteiger partial charge in [-0.1, -0.05) is 18.2 Å². The van der Waals surface area contributed by atoms with Gasteiger partial charge >= 0.3 is 0 Å². The first-order valence-corrected chi connectivity index (χ1v) is 5.32. The zero-order valence-electron chi connectivity index (χ0n) is 9.32. The number of fused-ring (bicyclic) bond motifs is 1. The standard InChI is InChI=1S/C12H9N5O/c13-9-6-7-10(12-11(9)16-18-17-12)15-14-8-4-2-1-3-5-8/h1-7H,13H2. The Bertz CT molecular complexity index is 705. The zero-order valence-corrected chi connectivity index (χ0v) is 9.32. The minimum Gasteiger partial charge on any atom is -0.397 e. The van der Waals surface area contributed by atoms with Gasteiger partial charge in [0, 0.05) is 0 Å². The highest BCUT2D eigenvalue weighted by Gasteiger charge is 2.09. The molecular weight excluding hydrogens is 230 g/mol. The number of azo groups is 1. The molecule has 0 aliphatic carbocycles. The van der Waals surface area contributed by atoms with Crippen molar-refractivity contribution in [3.8, 4) is 0 Å². The monoisotopic (exact) mass is 239 g/mol. The second kappa shape index (κ2) is 4.25. The van der Waals surface area contributed by atoms with Crippen LogP contribution in [0, 0.1) is 0 Å². The van der Waals surface area contributed by atoms with Crippen LogP contribution in [0.3, 0.4) is 0 Å². The van der Waals surface area contributed by atoms with Crippen LogP contribution in [-0.2, 0) is 0 Å². The van der Waals surface area contributed by atoms with Crippen LogP contribution in [0.15, 0.2) is 57.3 Å². The summed E-state index contributed by atoms with van der Waals surface area (Å²) >= 11 is 0. The minimum absolute atomic E-state index is 0.500. The van der Waals surface area contributed by atoms with Crippen molar-refractivity contribution in [1.29, 1.82) is 0 Å². The molecule has 0 aliphatic heterocycles. The number of hydrogen-bond acceptors (Lipinski definition) is 6. The molecule has 88 valence electrons. The van der Waals surface area contributed by atoms with Crippen LogP contribution in [0.2, 0.25) is 0 Å². The SMILES string of the molecule is Nc1ccc(N=Nc2ccccc2)c2nonc12. The van der Waals surface area contributed by atoms with Gasteiger partial charge in [0.25, 0.3) is 0 Å². The molecule has 0 saturated carbocycles. The quantitative estimate of drug-likeness (QED) is 0.549. The van der Waals surface area contributed by atoms with Gasteiger partial charge < -0.3 is 5.73 Å². The van der Waals surface area contributed by atoms with Crippen molar-refractivity contribution in [3.05, 3.63) is 42.5 Å². The molecule has 3 aromatic rings. The molecule has 0 aliphatic rings. The van der Waals surface area contributed by atoms with Gasteiger partial charge in [-0.15, -0.1) is 5.11 Å². The summed E-state index contributed by atoms with van der Waals surface area (Å²) in [4.78, 5) is 0. The summed E-state index contributed by atoms with van der Waals surface area (Å²) in [5, 5.41) is 15.7. The Morgan fingerprint density at radius 2 is 1.67 bits per heavy atom. The summed E-state index contributed by atoms with van der Waals surface area (Å²) < 4.78 is 4.66. The molecule has 0 fully saturated rings. The van der Waals surface area contributed by atoms with Crippen molar-refractivity contribution in [3.63, 3.8) is 0 Å². The average Bonchev–Trinajstić information content (AvgIpc) is 2.90. The third kappa shape index (κ3) is 1.80. The predicted octanol–water partition coefficient (Wildman–Crippen LogP) is 3.22. The van der Waals surface area contributed by atoms with Crippen molar-refractivity contribution in [1.82, 2.24) is 10.3 Å². The first kappa shape index (κ1) is 10.4. The normalized spacial score (nSPS) is 11.3. The van der Waals surface area contributed by atoms with E-state index >= 15 is 0 Å². The largest absolute Gasteiger partial charge is 0.397 e. The fourth-order valence-electron chi connectivity index (χ4n) is 1.56. The smallest absolute Gasteiger partial charge is 0.164 e. The number of hydrogen-bond donors (Lipinski definition) is 1. The topological polar surface area (TPSA) is 89.7 Å². The molecule has 0 radical (unpaired) electrons. The summed E-state index contributed by atoms with van der Waals surface area (Å²) in [6, 6.07) is 12.9. The molecule has 6 heteroatoms. The van der Waals surface area contributed by atoms with Crippen molar-refractivity contribution in [2.45, 2.75) is 0 Å². The van der Waals surface area contributed by atoms with E-state index in [1.165, 1.54) is 0 Å². The van der Waals surface area contributed by atoms with Gasteiger partial charge in [-0.3, -0.25) is 0 Å². The Kier molecular flexibility index (Phi) is 2.45. The highest BCUT2D eigenvalue weighted by Crippen LogP contribution is 2.28. The van der Waals surface area contributed by atoms with Crippen molar-refractivity contribution < 1.29 is 4.63 Å². The maximum Gasteiger partial charge on any atom is 0.164 e. The number of nitrogen functional groups attached to an aromatic ring is 1. The van der Waals surface area contributed by atoms with Gasteiger partial charge in [0.15, 0.2) is 11.0 Å². The maximum absolute atomic E-state index is 5.74. The van der Waals surface area contributed by atoms with E-state index in [1.807, 2.05) is 30.3 Å². The molecule has 0 bridgehead atoms. The molecule has 1 heterocycles. The number of nitrogens with two attached hydrogens (primary N) is 1. The summed E-state index contributed by atoms with van der Waals surface area (Å²) in [6.07, 6.45) is 0. The number of rotatable bonds is 2. The van der Waals surface area contributed by atoms with Gasteiger partial charge in [-0.25, -0.2) is 4.63 Å². The van der Waals surface area contributed by atoms with Crippen LogP contribution in [-0.4, -0.2) is 10.3 Å². The number of aromatic nitrogens is 2. The number of benzene rings is 2. The molecule has 1 aromatic heterocycles. The molecule has 0 spiro atoms. The van der Waals surface area contributed by atoms with Gasteiger partial charge in [0.05, 0.1) is 11.4 Å². The van der Waals surface area contributed by atoms with Gasteiger partial charge in [0.1, 0.15) is 5.69 Å². The molecule has 3 rings (SSSR count). The third-order valence-corrected chi connectivity index (χ3v) is 2.45. The fourth-order valence-corrected chi connectivity index (χ4v) is 1.56. The molecule has 2 aromatic carbocycles. The van der Waals surface area contributed by atoms with E-state index in [4.69, 9.17) is 5.73 Å². The Morgan fingerprint density at radius 3 is 2.50 bits per heavy atom. The lowest BCUT2D eigenvalue weighted by Crippen LogP contribution is -1.85. The van der Waals surface area contributed by atoms with Crippen LogP contribution in [0.5, 0.6) is 0 Å². The lowest BCUT2D eigenvalue weighted by molar-refractivity contribution is 0.315. The molecule has 2 N–H and O–H groups in total. The maximum atomic E-state index is 5.74. The van der Waals surface area contributed by atoms with Gasteiger partial charge in [-0.05, 0) is 34.6 Å². The average molecular weight is 239 g/mol. The van der Waals surface area contributed by atoms with Gasteiger partial charge in [0.2, 0.25) is 0 Å². The summed E-state index contributed by atoms with van der Waals surface area (Å²) in [7, 11) is 0. The van der Waals surface area contributed by atoms with E-state index in [2.05, 4.69) is 25.2 Å². The number of anilines is 1. The second-order valence-corrected chi connectivity index (χ2v) is 3.67. The Morgan fingerprint density at radius 1 is 0.889 bits per heavy atom. The van der Waals surface area contributed by atoms with Crippen LogP contribution in [0.4, 0.5) is 17.1 Å². The van der Waals surface area contributed by atoms with E-state index in [-0.39, 0.29) is 0 Å². The summed E-state index contributed by atoms with van der Waals surface area (Å²) in [6.45, 7) is 0. The van der Waals surface area contributed by atoms with Crippen LogP contribution >= 0.6 is 0 Å². The molecule has 0 saturated heterocycles. The van der Waals surface area contributed by atoms with E-state index in [1.54, 1.807) is 12.1 Å². The molecule has 6 nitrogen and oxygen atoms in total. The molecule has 0 atom stereocenters. The molecule has 0 amide bonds. The second-order valence-electron chi connectivity index (χ2n) is 3.67. The van der Waals surface area contributed by atoms with Crippen molar-refractivity contribution in [2.75, 3.05) is 5.73 Å². The van der Waals surface area contributed by atoms with Gasteiger partial charge in [-0.2, -0.15) is 5.11 Å². The summed E-state index contributed by atoms with van der Waals surface area (Å²) in [5.41, 5.74) is 8.59. The minimum atomic E-state index is 0.500. The van der Waals surface area contributed by atoms with E-state index < -0.39 is 0 Å². The Labute approximate surface area is 102 Å². The highest BCUT2D eigenvalue weighted by molar-refractivity contribution is 5.93. The van der Waals surface area contributed by atoms with E-state index in [9.17, 15) is 0 Å². The third-order valence-electron chi connectivity index (χ3n) is 2.45. The Balaban J connectivity index is 2.03. The zero-order chi connectivity index (χ0) is 12.4. The van der Waals surface area contributed by atoms with Crippen molar-refractivity contribution in [2.24, 2.45) is 10.2 Å². The molecule has 0 unspecified atom stereocenters. The van der Waals surface area contributed by atoms with Crippen molar-refractivity contribution >= 4 is 28.1 Å². The molecular formula is C12H9N5O.